The number of methoxy groups -OCH3 is 1. The third kappa shape index (κ3) is 3.97. The number of β-amino-alcohol motifs (C(OH)–C–C–N with tert-alkyl or cyclic N) is 1. The van der Waals surface area contributed by atoms with Gasteiger partial charge in [-0.05, 0) is 25.0 Å². The van der Waals surface area contributed by atoms with Crippen LogP contribution in [0, 0.1) is 0 Å². The van der Waals surface area contributed by atoms with Crippen molar-refractivity contribution in [3.05, 3.63) is 35.0 Å². The SMILES string of the molecule is COc1cc(Nc2nccc(N3CCCC(O)C3)n2)c(Cl)cc1C(=O)O. The van der Waals surface area contributed by atoms with E-state index in [0.29, 0.717) is 24.0 Å². The van der Waals surface area contributed by atoms with Gasteiger partial charge in [0.25, 0.3) is 0 Å². The predicted octanol–water partition coefficient (Wildman–Crippen LogP) is 2.54. The highest BCUT2D eigenvalue weighted by Gasteiger charge is 2.20. The van der Waals surface area contributed by atoms with E-state index in [1.54, 1.807) is 12.3 Å². The molecule has 8 nitrogen and oxygen atoms in total. The van der Waals surface area contributed by atoms with Gasteiger partial charge < -0.3 is 25.2 Å². The molecule has 26 heavy (non-hydrogen) atoms. The molecule has 1 unspecified atom stereocenters. The number of carbonyl (C=O) groups is 1. The van der Waals surface area contributed by atoms with Crippen molar-refractivity contribution >= 4 is 35.0 Å². The Morgan fingerprint density at radius 2 is 2.27 bits per heavy atom. The minimum atomic E-state index is -1.13. The second-order valence-electron chi connectivity index (χ2n) is 5.94. The van der Waals surface area contributed by atoms with Crippen molar-refractivity contribution in [1.29, 1.82) is 0 Å². The first-order valence-electron chi connectivity index (χ1n) is 8.12. The van der Waals surface area contributed by atoms with Crippen LogP contribution in [-0.4, -0.2) is 52.5 Å². The van der Waals surface area contributed by atoms with Gasteiger partial charge in [0.15, 0.2) is 0 Å². The van der Waals surface area contributed by atoms with Crippen LogP contribution in [0.15, 0.2) is 24.4 Å². The third-order valence-corrected chi connectivity index (χ3v) is 4.44. The largest absolute Gasteiger partial charge is 0.496 e. The summed E-state index contributed by atoms with van der Waals surface area (Å²) in [5.74, 6) is 0.0676. The van der Waals surface area contributed by atoms with Gasteiger partial charge in [-0.15, -0.1) is 0 Å². The lowest BCUT2D eigenvalue weighted by molar-refractivity contribution is 0.0693. The van der Waals surface area contributed by atoms with E-state index in [1.807, 2.05) is 4.90 Å². The number of carboxylic acid groups (broad SMARTS) is 1. The zero-order chi connectivity index (χ0) is 18.7. The highest BCUT2D eigenvalue weighted by atomic mass is 35.5. The molecular formula is C17H19ClN4O4. The molecule has 0 bridgehead atoms. The number of carboxylic acids is 1. The second-order valence-corrected chi connectivity index (χ2v) is 6.35. The summed E-state index contributed by atoms with van der Waals surface area (Å²) in [6, 6.07) is 4.58. The monoisotopic (exact) mass is 378 g/mol. The van der Waals surface area contributed by atoms with E-state index in [0.717, 1.165) is 19.4 Å². The Labute approximate surface area is 155 Å². The molecule has 2 aromatic rings. The molecule has 1 saturated heterocycles. The third-order valence-electron chi connectivity index (χ3n) is 4.13. The normalized spacial score (nSPS) is 17.0. The Balaban J connectivity index is 1.85. The van der Waals surface area contributed by atoms with Gasteiger partial charge in [-0.1, -0.05) is 11.6 Å². The fourth-order valence-electron chi connectivity index (χ4n) is 2.85. The number of ether oxygens (including phenoxy) is 1. The van der Waals surface area contributed by atoms with E-state index in [-0.39, 0.29) is 22.4 Å². The molecular weight excluding hydrogens is 360 g/mol. The molecule has 3 rings (SSSR count). The Kier molecular flexibility index (Phi) is 5.43. The molecule has 138 valence electrons. The number of nitrogens with zero attached hydrogens (tertiary/aromatic N) is 3. The van der Waals surface area contributed by atoms with Crippen LogP contribution < -0.4 is 15.0 Å². The maximum absolute atomic E-state index is 11.2. The fraction of sp³-hybridized carbons (Fsp3) is 0.353. The maximum atomic E-state index is 11.2. The molecule has 0 radical (unpaired) electrons. The molecule has 3 N–H and O–H groups in total. The lowest BCUT2D eigenvalue weighted by Gasteiger charge is -2.31. The van der Waals surface area contributed by atoms with Crippen LogP contribution in [0.3, 0.4) is 0 Å². The number of rotatable bonds is 5. The van der Waals surface area contributed by atoms with Crippen molar-refractivity contribution in [3.8, 4) is 5.75 Å². The summed E-state index contributed by atoms with van der Waals surface area (Å²) < 4.78 is 5.11. The summed E-state index contributed by atoms with van der Waals surface area (Å²) in [4.78, 5) is 21.9. The number of aromatic carboxylic acids is 1. The van der Waals surface area contributed by atoms with E-state index in [2.05, 4.69) is 15.3 Å². The quantitative estimate of drug-likeness (QED) is 0.728. The lowest BCUT2D eigenvalue weighted by Crippen LogP contribution is -2.38. The number of anilines is 3. The summed E-state index contributed by atoms with van der Waals surface area (Å²) in [6.45, 7) is 1.34. The van der Waals surface area contributed by atoms with Crippen molar-refractivity contribution in [1.82, 2.24) is 9.97 Å². The Bertz CT molecular complexity index is 817. The fourth-order valence-corrected chi connectivity index (χ4v) is 3.06. The average molecular weight is 379 g/mol. The summed E-state index contributed by atoms with van der Waals surface area (Å²) in [6.07, 6.45) is 2.94. The molecule has 0 spiro atoms. The van der Waals surface area contributed by atoms with E-state index >= 15 is 0 Å². The number of benzene rings is 1. The number of halogens is 1. The van der Waals surface area contributed by atoms with Crippen LogP contribution in [-0.2, 0) is 0 Å². The second kappa shape index (κ2) is 7.76. The van der Waals surface area contributed by atoms with Crippen LogP contribution in [0.4, 0.5) is 17.5 Å². The number of piperidine rings is 1. The van der Waals surface area contributed by atoms with Gasteiger partial charge in [-0.3, -0.25) is 0 Å². The molecule has 1 aliphatic rings. The molecule has 0 saturated carbocycles. The number of hydrogen-bond donors (Lipinski definition) is 3. The molecule has 1 aromatic carbocycles. The number of aliphatic hydroxyl groups is 1. The van der Waals surface area contributed by atoms with Gasteiger partial charge in [0.05, 0.1) is 23.9 Å². The first-order chi connectivity index (χ1) is 12.5. The van der Waals surface area contributed by atoms with Gasteiger partial charge in [-0.2, -0.15) is 4.98 Å². The minimum absolute atomic E-state index is 0.0278. The zero-order valence-electron chi connectivity index (χ0n) is 14.1. The molecule has 1 aromatic heterocycles. The van der Waals surface area contributed by atoms with Crippen LogP contribution in [0.5, 0.6) is 5.75 Å². The zero-order valence-corrected chi connectivity index (χ0v) is 14.9. The smallest absolute Gasteiger partial charge is 0.339 e. The van der Waals surface area contributed by atoms with Crippen LogP contribution in [0.1, 0.15) is 23.2 Å². The van der Waals surface area contributed by atoms with Gasteiger partial charge in [0, 0.05) is 25.4 Å². The van der Waals surface area contributed by atoms with Gasteiger partial charge in [-0.25, -0.2) is 9.78 Å². The summed E-state index contributed by atoms with van der Waals surface area (Å²) in [5.41, 5.74) is 0.407. The predicted molar refractivity (Wildman–Crippen MR) is 97.7 cm³/mol. The Morgan fingerprint density at radius 1 is 1.46 bits per heavy atom. The molecule has 1 fully saturated rings. The Hall–Kier alpha value is -2.58. The summed E-state index contributed by atoms with van der Waals surface area (Å²) in [7, 11) is 1.39. The van der Waals surface area contributed by atoms with Gasteiger partial charge >= 0.3 is 5.97 Å². The topological polar surface area (TPSA) is 108 Å². The molecule has 1 aliphatic heterocycles. The van der Waals surface area contributed by atoms with Crippen LogP contribution in [0.25, 0.3) is 0 Å². The standard InChI is InChI=1S/C17H19ClN4O4/c1-26-14-8-13(12(18)7-11(14)16(24)25)20-17-19-5-4-15(21-17)22-6-2-3-10(23)9-22/h4-5,7-8,10,23H,2-3,6,9H2,1H3,(H,24,25)(H,19,20,21). The molecule has 1 atom stereocenters. The number of aromatic nitrogens is 2. The maximum Gasteiger partial charge on any atom is 0.339 e. The van der Waals surface area contributed by atoms with E-state index in [4.69, 9.17) is 16.3 Å². The van der Waals surface area contributed by atoms with Gasteiger partial charge in [0.2, 0.25) is 5.95 Å². The van der Waals surface area contributed by atoms with Crippen molar-refractivity contribution in [2.24, 2.45) is 0 Å². The highest BCUT2D eigenvalue weighted by molar-refractivity contribution is 6.33. The molecule has 2 heterocycles. The highest BCUT2D eigenvalue weighted by Crippen LogP contribution is 2.32. The number of hydrogen-bond acceptors (Lipinski definition) is 7. The lowest BCUT2D eigenvalue weighted by atomic mass is 10.1. The first kappa shape index (κ1) is 18.2. The van der Waals surface area contributed by atoms with E-state index in [9.17, 15) is 15.0 Å². The van der Waals surface area contributed by atoms with Crippen LogP contribution in [0.2, 0.25) is 5.02 Å². The molecule has 0 amide bonds. The van der Waals surface area contributed by atoms with E-state index < -0.39 is 5.97 Å². The number of nitrogens with one attached hydrogen (secondary N) is 1. The molecule has 0 aliphatic carbocycles. The number of aliphatic hydroxyl groups excluding tert-OH is 1. The van der Waals surface area contributed by atoms with Crippen LogP contribution >= 0.6 is 11.6 Å². The molecule has 9 heteroatoms. The van der Waals surface area contributed by atoms with Crippen molar-refractivity contribution in [2.75, 3.05) is 30.4 Å². The average Bonchev–Trinajstić information content (AvgIpc) is 2.63. The summed E-state index contributed by atoms with van der Waals surface area (Å²) >= 11 is 6.18. The summed E-state index contributed by atoms with van der Waals surface area (Å²) in [5, 5.41) is 22.2. The minimum Gasteiger partial charge on any atom is -0.496 e. The first-order valence-corrected chi connectivity index (χ1v) is 8.49. The van der Waals surface area contributed by atoms with Crippen molar-refractivity contribution < 1.29 is 19.7 Å². The van der Waals surface area contributed by atoms with Gasteiger partial charge in [0.1, 0.15) is 17.1 Å². The Morgan fingerprint density at radius 3 is 2.96 bits per heavy atom. The van der Waals surface area contributed by atoms with E-state index in [1.165, 1.54) is 19.2 Å². The van der Waals surface area contributed by atoms with Crippen molar-refractivity contribution in [3.63, 3.8) is 0 Å². The van der Waals surface area contributed by atoms with Crippen molar-refractivity contribution in [2.45, 2.75) is 18.9 Å².